The minimum atomic E-state index is -3.64. The van der Waals surface area contributed by atoms with Crippen molar-refractivity contribution in [1.29, 1.82) is 0 Å². The largest absolute Gasteiger partial charge is 0.349 e. The van der Waals surface area contributed by atoms with E-state index in [2.05, 4.69) is 21.2 Å². The second kappa shape index (κ2) is 8.71. The van der Waals surface area contributed by atoms with Gasteiger partial charge >= 0.3 is 0 Å². The van der Waals surface area contributed by atoms with Crippen molar-refractivity contribution in [2.24, 2.45) is 5.92 Å². The zero-order valence-electron chi connectivity index (χ0n) is 15.4. The third kappa shape index (κ3) is 4.79. The minimum absolute atomic E-state index is 0.153. The van der Waals surface area contributed by atoms with Crippen LogP contribution in [0.4, 0.5) is 4.39 Å². The summed E-state index contributed by atoms with van der Waals surface area (Å²) < 4.78 is 41.0. The van der Waals surface area contributed by atoms with Crippen LogP contribution in [0, 0.1) is 11.7 Å². The number of piperidine rings is 1. The van der Waals surface area contributed by atoms with Gasteiger partial charge in [0.15, 0.2) is 0 Å². The molecule has 3 rings (SSSR count). The molecular weight excluding hydrogens is 447 g/mol. The lowest BCUT2D eigenvalue weighted by molar-refractivity contribution is -0.126. The summed E-state index contributed by atoms with van der Waals surface area (Å²) >= 11 is 3.30. The molecule has 2 atom stereocenters. The number of sulfonamides is 1. The minimum Gasteiger partial charge on any atom is -0.349 e. The van der Waals surface area contributed by atoms with E-state index in [4.69, 9.17) is 0 Å². The highest BCUT2D eigenvalue weighted by molar-refractivity contribution is 9.10. The van der Waals surface area contributed by atoms with E-state index in [1.54, 1.807) is 36.4 Å². The van der Waals surface area contributed by atoms with E-state index in [1.165, 1.54) is 16.4 Å². The molecule has 0 aliphatic carbocycles. The first-order chi connectivity index (χ1) is 13.3. The standard InChI is InChI=1S/C20H22BrFN2O3S/c1-14(15-4-8-18(22)9-5-15)23-20(25)16-3-2-12-24(13-16)28(26,27)19-10-6-17(21)7-11-19/h4-11,14,16H,2-3,12-13H2,1H3,(H,23,25). The van der Waals surface area contributed by atoms with Gasteiger partial charge in [-0.15, -0.1) is 0 Å². The van der Waals surface area contributed by atoms with Crippen molar-refractivity contribution in [2.75, 3.05) is 13.1 Å². The number of rotatable bonds is 5. The maximum absolute atomic E-state index is 13.1. The molecule has 1 aliphatic rings. The van der Waals surface area contributed by atoms with Crippen molar-refractivity contribution < 1.29 is 17.6 Å². The first-order valence-corrected chi connectivity index (χ1v) is 11.3. The van der Waals surface area contributed by atoms with Gasteiger partial charge in [0.1, 0.15) is 5.82 Å². The Labute approximate surface area is 173 Å². The summed E-state index contributed by atoms with van der Waals surface area (Å²) in [6.45, 7) is 2.38. The Morgan fingerprint density at radius 1 is 1.18 bits per heavy atom. The molecule has 5 nitrogen and oxygen atoms in total. The molecule has 0 radical (unpaired) electrons. The van der Waals surface area contributed by atoms with Crippen LogP contribution in [0.25, 0.3) is 0 Å². The quantitative estimate of drug-likeness (QED) is 0.723. The summed E-state index contributed by atoms with van der Waals surface area (Å²) in [5.41, 5.74) is 0.796. The van der Waals surface area contributed by atoms with Gasteiger partial charge in [-0.05, 0) is 61.7 Å². The first kappa shape index (κ1) is 21.0. The molecule has 0 spiro atoms. The van der Waals surface area contributed by atoms with Crippen LogP contribution in [-0.4, -0.2) is 31.7 Å². The molecule has 1 amide bonds. The average Bonchev–Trinajstić information content (AvgIpc) is 2.69. The monoisotopic (exact) mass is 468 g/mol. The number of nitrogens with one attached hydrogen (secondary N) is 1. The fourth-order valence-electron chi connectivity index (χ4n) is 3.30. The van der Waals surface area contributed by atoms with E-state index in [1.807, 2.05) is 6.92 Å². The van der Waals surface area contributed by atoms with Crippen molar-refractivity contribution in [2.45, 2.75) is 30.7 Å². The molecule has 1 saturated heterocycles. The van der Waals surface area contributed by atoms with Crippen LogP contribution < -0.4 is 5.32 Å². The molecule has 150 valence electrons. The molecule has 1 heterocycles. The lowest BCUT2D eigenvalue weighted by Crippen LogP contribution is -2.45. The highest BCUT2D eigenvalue weighted by Gasteiger charge is 2.33. The normalized spacial score (nSPS) is 19.2. The summed E-state index contributed by atoms with van der Waals surface area (Å²) in [5, 5.41) is 2.92. The van der Waals surface area contributed by atoms with Crippen molar-refractivity contribution in [3.05, 3.63) is 64.4 Å². The summed E-state index contributed by atoms with van der Waals surface area (Å²) in [4.78, 5) is 12.9. The van der Waals surface area contributed by atoms with Crippen LogP contribution in [0.15, 0.2) is 57.9 Å². The predicted octanol–water partition coefficient (Wildman–Crippen LogP) is 3.87. The van der Waals surface area contributed by atoms with Gasteiger partial charge in [-0.2, -0.15) is 4.31 Å². The van der Waals surface area contributed by atoms with E-state index >= 15 is 0 Å². The molecule has 1 fully saturated rings. The van der Waals surface area contributed by atoms with Crippen LogP contribution >= 0.6 is 15.9 Å². The highest BCUT2D eigenvalue weighted by atomic mass is 79.9. The third-order valence-corrected chi connectivity index (χ3v) is 7.34. The molecule has 1 aliphatic heterocycles. The van der Waals surface area contributed by atoms with E-state index in [0.717, 1.165) is 10.0 Å². The van der Waals surface area contributed by atoms with Gasteiger partial charge in [0.2, 0.25) is 15.9 Å². The predicted molar refractivity (Wildman–Crippen MR) is 109 cm³/mol. The Morgan fingerprint density at radius 2 is 1.82 bits per heavy atom. The Bertz CT molecular complexity index is 933. The van der Waals surface area contributed by atoms with Crippen LogP contribution in [0.1, 0.15) is 31.4 Å². The number of nitrogens with zero attached hydrogens (tertiary/aromatic N) is 1. The van der Waals surface area contributed by atoms with Gasteiger partial charge in [-0.3, -0.25) is 4.79 Å². The lowest BCUT2D eigenvalue weighted by Gasteiger charge is -2.32. The third-order valence-electron chi connectivity index (χ3n) is 4.94. The van der Waals surface area contributed by atoms with E-state index in [9.17, 15) is 17.6 Å². The Kier molecular flexibility index (Phi) is 6.52. The summed E-state index contributed by atoms with van der Waals surface area (Å²) in [7, 11) is -3.64. The van der Waals surface area contributed by atoms with E-state index in [-0.39, 0.29) is 29.2 Å². The smallest absolute Gasteiger partial charge is 0.243 e. The number of carbonyl (C=O) groups is 1. The highest BCUT2D eigenvalue weighted by Crippen LogP contribution is 2.25. The van der Waals surface area contributed by atoms with Crippen LogP contribution in [0.3, 0.4) is 0 Å². The Balaban J connectivity index is 1.67. The Morgan fingerprint density at radius 3 is 2.46 bits per heavy atom. The Hall–Kier alpha value is -1.77. The summed E-state index contributed by atoms with van der Waals surface area (Å²) in [6.07, 6.45) is 1.26. The molecule has 1 N–H and O–H groups in total. The van der Waals surface area contributed by atoms with E-state index in [0.29, 0.717) is 19.4 Å². The van der Waals surface area contributed by atoms with Gasteiger partial charge in [0, 0.05) is 17.6 Å². The molecule has 8 heteroatoms. The molecule has 0 aromatic heterocycles. The van der Waals surface area contributed by atoms with Gasteiger partial charge in [0.25, 0.3) is 0 Å². The molecule has 2 aromatic rings. The first-order valence-electron chi connectivity index (χ1n) is 9.09. The van der Waals surface area contributed by atoms with Crippen molar-refractivity contribution >= 4 is 31.9 Å². The number of hydrogen-bond donors (Lipinski definition) is 1. The van der Waals surface area contributed by atoms with Crippen LogP contribution in [0.2, 0.25) is 0 Å². The van der Waals surface area contributed by atoms with Gasteiger partial charge in [-0.1, -0.05) is 28.1 Å². The fourth-order valence-corrected chi connectivity index (χ4v) is 5.08. The molecular formula is C20H22BrFN2O3S. The average molecular weight is 469 g/mol. The summed E-state index contributed by atoms with van der Waals surface area (Å²) in [5.74, 6) is -0.933. The maximum Gasteiger partial charge on any atom is 0.243 e. The van der Waals surface area contributed by atoms with Gasteiger partial charge in [0.05, 0.1) is 16.9 Å². The van der Waals surface area contributed by atoms with Crippen molar-refractivity contribution in [3.8, 4) is 0 Å². The maximum atomic E-state index is 13.1. The van der Waals surface area contributed by atoms with Crippen LogP contribution in [0.5, 0.6) is 0 Å². The van der Waals surface area contributed by atoms with Crippen LogP contribution in [-0.2, 0) is 14.8 Å². The molecule has 2 aromatic carbocycles. The number of amides is 1. The fraction of sp³-hybridized carbons (Fsp3) is 0.350. The van der Waals surface area contributed by atoms with Crippen molar-refractivity contribution in [3.63, 3.8) is 0 Å². The molecule has 0 bridgehead atoms. The van der Waals surface area contributed by atoms with Gasteiger partial charge in [-0.25, -0.2) is 12.8 Å². The zero-order chi connectivity index (χ0) is 20.3. The second-order valence-corrected chi connectivity index (χ2v) is 9.79. The SMILES string of the molecule is CC(NC(=O)C1CCCN(S(=O)(=O)c2ccc(Br)cc2)C1)c1ccc(F)cc1. The summed E-state index contributed by atoms with van der Waals surface area (Å²) in [6, 6.07) is 12.2. The molecule has 0 saturated carbocycles. The second-order valence-electron chi connectivity index (χ2n) is 6.94. The zero-order valence-corrected chi connectivity index (χ0v) is 17.8. The molecule has 28 heavy (non-hydrogen) atoms. The topological polar surface area (TPSA) is 66.5 Å². The lowest BCUT2D eigenvalue weighted by atomic mass is 9.98. The number of halogens is 2. The molecule has 2 unspecified atom stereocenters. The van der Waals surface area contributed by atoms with Crippen molar-refractivity contribution in [1.82, 2.24) is 9.62 Å². The number of hydrogen-bond acceptors (Lipinski definition) is 3. The van der Waals surface area contributed by atoms with E-state index < -0.39 is 15.9 Å². The van der Waals surface area contributed by atoms with Gasteiger partial charge < -0.3 is 5.32 Å². The number of benzene rings is 2. The number of carbonyl (C=O) groups excluding carboxylic acids is 1.